The van der Waals surface area contributed by atoms with E-state index in [-0.39, 0.29) is 0 Å². The highest BCUT2D eigenvalue weighted by molar-refractivity contribution is 4.85. The minimum Gasteiger partial charge on any atom is -0.315 e. The molecule has 0 aromatic heterocycles. The van der Waals surface area contributed by atoms with Crippen LogP contribution < -0.4 is 5.32 Å². The summed E-state index contributed by atoms with van der Waals surface area (Å²) in [5.41, 5.74) is 0. The molecular weight excluding hydrogens is 148 g/mol. The number of likely N-dealkylation sites (tertiary alicyclic amines) is 1. The molecular formula is C10H22N2. The van der Waals surface area contributed by atoms with Crippen LogP contribution >= 0.6 is 0 Å². The third-order valence-electron chi connectivity index (χ3n) is 3.09. The molecule has 1 aliphatic rings. The Labute approximate surface area is 76.3 Å². The Kier molecular flexibility index (Phi) is 4.02. The van der Waals surface area contributed by atoms with Gasteiger partial charge in [0.05, 0.1) is 0 Å². The van der Waals surface area contributed by atoms with Gasteiger partial charge in [-0.05, 0) is 32.9 Å². The van der Waals surface area contributed by atoms with Gasteiger partial charge >= 0.3 is 0 Å². The van der Waals surface area contributed by atoms with E-state index in [2.05, 4.69) is 31.1 Å². The molecule has 2 nitrogen and oxygen atoms in total. The van der Waals surface area contributed by atoms with E-state index in [1.165, 1.54) is 25.8 Å². The van der Waals surface area contributed by atoms with Crippen molar-refractivity contribution in [1.29, 1.82) is 0 Å². The molecule has 2 heteroatoms. The molecule has 2 atom stereocenters. The molecule has 0 aliphatic carbocycles. The van der Waals surface area contributed by atoms with Gasteiger partial charge in [0.1, 0.15) is 0 Å². The maximum atomic E-state index is 3.42. The molecule has 0 saturated carbocycles. The highest BCUT2D eigenvalue weighted by Gasteiger charge is 2.28. The fourth-order valence-electron chi connectivity index (χ4n) is 2.14. The SMILES string of the molecule is CCNCC1CC[C@H](CC)N1C. The summed E-state index contributed by atoms with van der Waals surface area (Å²) in [6, 6.07) is 1.63. The van der Waals surface area contributed by atoms with Crippen molar-refractivity contribution in [2.45, 2.75) is 45.2 Å². The Balaban J connectivity index is 2.28. The lowest BCUT2D eigenvalue weighted by atomic mass is 10.1. The third-order valence-corrected chi connectivity index (χ3v) is 3.09. The van der Waals surface area contributed by atoms with Gasteiger partial charge in [-0.1, -0.05) is 13.8 Å². The first-order valence-corrected chi connectivity index (χ1v) is 5.22. The second kappa shape index (κ2) is 4.83. The molecule has 1 saturated heterocycles. The van der Waals surface area contributed by atoms with Crippen molar-refractivity contribution in [3.63, 3.8) is 0 Å². The first-order valence-electron chi connectivity index (χ1n) is 5.22. The Bertz CT molecular complexity index is 125. The van der Waals surface area contributed by atoms with Crippen molar-refractivity contribution >= 4 is 0 Å². The van der Waals surface area contributed by atoms with Gasteiger partial charge in [-0.25, -0.2) is 0 Å². The number of nitrogens with one attached hydrogen (secondary N) is 1. The fourth-order valence-corrected chi connectivity index (χ4v) is 2.14. The number of nitrogens with zero attached hydrogens (tertiary/aromatic N) is 1. The molecule has 1 heterocycles. The summed E-state index contributed by atoms with van der Waals surface area (Å²) < 4.78 is 0. The zero-order valence-electron chi connectivity index (χ0n) is 8.64. The molecule has 0 aromatic rings. The molecule has 1 aliphatic heterocycles. The molecule has 1 N–H and O–H groups in total. The standard InChI is InChI=1S/C10H22N2/c1-4-9-6-7-10(12(9)3)8-11-5-2/h9-11H,4-8H2,1-3H3/t9-,10?/m0/s1. The molecule has 1 unspecified atom stereocenters. The van der Waals surface area contributed by atoms with Gasteiger partial charge < -0.3 is 5.32 Å². The van der Waals surface area contributed by atoms with Crippen LogP contribution in [0.4, 0.5) is 0 Å². The van der Waals surface area contributed by atoms with Gasteiger partial charge in [-0.15, -0.1) is 0 Å². The van der Waals surface area contributed by atoms with Gasteiger partial charge in [0.15, 0.2) is 0 Å². The average molecular weight is 170 g/mol. The summed E-state index contributed by atoms with van der Waals surface area (Å²) in [5, 5.41) is 3.42. The van der Waals surface area contributed by atoms with Crippen molar-refractivity contribution in [2.75, 3.05) is 20.1 Å². The van der Waals surface area contributed by atoms with E-state index in [4.69, 9.17) is 0 Å². The molecule has 0 spiro atoms. The monoisotopic (exact) mass is 170 g/mol. The summed E-state index contributed by atoms with van der Waals surface area (Å²) >= 11 is 0. The van der Waals surface area contributed by atoms with Crippen LogP contribution in [0.5, 0.6) is 0 Å². The van der Waals surface area contributed by atoms with Crippen LogP contribution in [0.25, 0.3) is 0 Å². The molecule has 0 bridgehead atoms. The van der Waals surface area contributed by atoms with Crippen LogP contribution in [0.15, 0.2) is 0 Å². The van der Waals surface area contributed by atoms with E-state index in [1.54, 1.807) is 0 Å². The molecule has 12 heavy (non-hydrogen) atoms. The fraction of sp³-hybridized carbons (Fsp3) is 1.00. The van der Waals surface area contributed by atoms with E-state index < -0.39 is 0 Å². The number of rotatable bonds is 4. The minimum absolute atomic E-state index is 0.787. The van der Waals surface area contributed by atoms with Crippen molar-refractivity contribution in [3.05, 3.63) is 0 Å². The largest absolute Gasteiger partial charge is 0.315 e. The van der Waals surface area contributed by atoms with E-state index in [9.17, 15) is 0 Å². The van der Waals surface area contributed by atoms with Gasteiger partial charge in [0.2, 0.25) is 0 Å². The van der Waals surface area contributed by atoms with Crippen LogP contribution in [0.2, 0.25) is 0 Å². The summed E-state index contributed by atoms with van der Waals surface area (Å²) in [7, 11) is 2.27. The molecule has 1 fully saturated rings. The van der Waals surface area contributed by atoms with E-state index in [1.807, 2.05) is 0 Å². The molecule has 72 valence electrons. The molecule has 1 rings (SSSR count). The lowest BCUT2D eigenvalue weighted by Gasteiger charge is -2.24. The predicted octanol–water partition coefficient (Wildman–Crippen LogP) is 1.47. The van der Waals surface area contributed by atoms with Gasteiger partial charge in [-0.3, -0.25) is 4.90 Å². The maximum Gasteiger partial charge on any atom is 0.0221 e. The smallest absolute Gasteiger partial charge is 0.0221 e. The Hall–Kier alpha value is -0.0800. The second-order valence-electron chi connectivity index (χ2n) is 3.77. The number of hydrogen-bond donors (Lipinski definition) is 1. The topological polar surface area (TPSA) is 15.3 Å². The average Bonchev–Trinajstić information content (AvgIpc) is 2.43. The van der Waals surface area contributed by atoms with E-state index in [0.29, 0.717) is 0 Å². The third kappa shape index (κ3) is 2.20. The van der Waals surface area contributed by atoms with Crippen LogP contribution in [0, 0.1) is 0 Å². The minimum atomic E-state index is 0.787. The summed E-state index contributed by atoms with van der Waals surface area (Å²) in [6.45, 7) is 6.73. The normalized spacial score (nSPS) is 31.2. The first-order chi connectivity index (χ1) is 5.79. The van der Waals surface area contributed by atoms with Crippen LogP contribution in [-0.4, -0.2) is 37.1 Å². The zero-order valence-corrected chi connectivity index (χ0v) is 8.64. The van der Waals surface area contributed by atoms with Crippen LogP contribution in [0.1, 0.15) is 33.1 Å². The first kappa shape index (κ1) is 10.0. The van der Waals surface area contributed by atoms with Crippen LogP contribution in [-0.2, 0) is 0 Å². The van der Waals surface area contributed by atoms with Crippen molar-refractivity contribution < 1.29 is 0 Å². The predicted molar refractivity (Wildman–Crippen MR) is 53.4 cm³/mol. The van der Waals surface area contributed by atoms with Crippen molar-refractivity contribution in [1.82, 2.24) is 10.2 Å². The quantitative estimate of drug-likeness (QED) is 0.687. The molecule has 0 radical (unpaired) electrons. The lowest BCUT2D eigenvalue weighted by Crippen LogP contribution is -2.38. The highest BCUT2D eigenvalue weighted by Crippen LogP contribution is 2.23. The van der Waals surface area contributed by atoms with Gasteiger partial charge in [0, 0.05) is 18.6 Å². The van der Waals surface area contributed by atoms with Gasteiger partial charge in [0.25, 0.3) is 0 Å². The van der Waals surface area contributed by atoms with Crippen molar-refractivity contribution in [2.24, 2.45) is 0 Å². The maximum absolute atomic E-state index is 3.42. The van der Waals surface area contributed by atoms with E-state index in [0.717, 1.165) is 18.6 Å². The summed E-state index contributed by atoms with van der Waals surface area (Å²) in [5.74, 6) is 0. The Morgan fingerprint density at radius 2 is 1.92 bits per heavy atom. The second-order valence-corrected chi connectivity index (χ2v) is 3.77. The Morgan fingerprint density at radius 1 is 1.25 bits per heavy atom. The van der Waals surface area contributed by atoms with Gasteiger partial charge in [-0.2, -0.15) is 0 Å². The lowest BCUT2D eigenvalue weighted by molar-refractivity contribution is 0.232. The molecule has 0 aromatic carbocycles. The van der Waals surface area contributed by atoms with Crippen molar-refractivity contribution in [3.8, 4) is 0 Å². The van der Waals surface area contributed by atoms with Crippen LogP contribution in [0.3, 0.4) is 0 Å². The summed E-state index contributed by atoms with van der Waals surface area (Å²) in [4.78, 5) is 2.54. The Morgan fingerprint density at radius 3 is 2.42 bits per heavy atom. The number of likely N-dealkylation sites (N-methyl/N-ethyl adjacent to an activating group) is 2. The molecule has 0 amide bonds. The summed E-state index contributed by atoms with van der Waals surface area (Å²) in [6.07, 6.45) is 4.07. The highest BCUT2D eigenvalue weighted by atomic mass is 15.2. The van der Waals surface area contributed by atoms with E-state index >= 15 is 0 Å². The zero-order chi connectivity index (χ0) is 8.97. The number of hydrogen-bond acceptors (Lipinski definition) is 2.